The van der Waals surface area contributed by atoms with Gasteiger partial charge in [0.25, 0.3) is 0 Å². The average Bonchev–Trinajstić information content (AvgIpc) is 3.27. The van der Waals surface area contributed by atoms with E-state index in [0.29, 0.717) is 19.1 Å². The number of sulfonamides is 1. The highest BCUT2D eigenvalue weighted by molar-refractivity contribution is 7.89. The number of hydrogen-bond donors (Lipinski definition) is 1. The average molecular weight is 313 g/mol. The fourth-order valence-corrected chi connectivity index (χ4v) is 2.95. The van der Waals surface area contributed by atoms with Gasteiger partial charge in [-0.15, -0.1) is 0 Å². The van der Waals surface area contributed by atoms with E-state index in [0.717, 1.165) is 0 Å². The van der Waals surface area contributed by atoms with Crippen LogP contribution < -0.4 is 0 Å². The van der Waals surface area contributed by atoms with Crippen LogP contribution >= 0.6 is 0 Å². The zero-order valence-electron chi connectivity index (χ0n) is 11.9. The normalized spacial score (nSPS) is 15.3. The summed E-state index contributed by atoms with van der Waals surface area (Å²) in [4.78, 5) is 10.8. The lowest BCUT2D eigenvalue weighted by atomic mass is 10.2. The molecule has 1 fully saturated rings. The Labute approximate surface area is 124 Å². The van der Waals surface area contributed by atoms with Crippen LogP contribution in [-0.4, -0.2) is 50.6 Å². The largest absolute Gasteiger partial charge is 0.478 e. The van der Waals surface area contributed by atoms with Crippen molar-refractivity contribution in [3.8, 4) is 0 Å². The maximum Gasteiger partial charge on any atom is 0.335 e. The molecule has 0 aliphatic heterocycles. The minimum atomic E-state index is -3.61. The van der Waals surface area contributed by atoms with Gasteiger partial charge in [0, 0.05) is 20.2 Å². The molecular formula is C14H19NO5S. The molecule has 0 saturated heterocycles. The number of carboxylic acids is 1. The van der Waals surface area contributed by atoms with E-state index in [1.165, 1.54) is 48.5 Å². The van der Waals surface area contributed by atoms with E-state index in [-0.39, 0.29) is 17.0 Å². The SMILES string of the molecule is CN(CCOCC1CC1)S(=O)(=O)c1ccc(C(=O)O)cc1. The van der Waals surface area contributed by atoms with E-state index in [2.05, 4.69) is 0 Å². The summed E-state index contributed by atoms with van der Waals surface area (Å²) in [6.45, 7) is 1.33. The van der Waals surface area contributed by atoms with E-state index >= 15 is 0 Å². The zero-order valence-corrected chi connectivity index (χ0v) is 12.7. The second kappa shape index (κ2) is 6.55. The van der Waals surface area contributed by atoms with E-state index in [1.54, 1.807) is 0 Å². The predicted molar refractivity (Wildman–Crippen MR) is 76.8 cm³/mol. The lowest BCUT2D eigenvalue weighted by Gasteiger charge is -2.17. The molecule has 0 atom stereocenters. The molecular weight excluding hydrogens is 294 g/mol. The molecule has 7 heteroatoms. The first-order valence-electron chi connectivity index (χ1n) is 6.78. The number of carbonyl (C=O) groups is 1. The Kier molecular flexibility index (Phi) is 4.97. The van der Waals surface area contributed by atoms with Gasteiger partial charge in [0.2, 0.25) is 10.0 Å². The topological polar surface area (TPSA) is 83.9 Å². The molecule has 1 N–H and O–H groups in total. The van der Waals surface area contributed by atoms with Crippen LogP contribution in [0.4, 0.5) is 0 Å². The van der Waals surface area contributed by atoms with Gasteiger partial charge in [-0.25, -0.2) is 13.2 Å². The number of aromatic carboxylic acids is 1. The number of nitrogens with zero attached hydrogens (tertiary/aromatic N) is 1. The lowest BCUT2D eigenvalue weighted by Crippen LogP contribution is -2.30. The monoisotopic (exact) mass is 313 g/mol. The molecule has 1 aliphatic carbocycles. The number of likely N-dealkylation sites (N-methyl/N-ethyl adjacent to an activating group) is 1. The number of rotatable bonds is 8. The van der Waals surface area contributed by atoms with Crippen molar-refractivity contribution in [3.63, 3.8) is 0 Å². The van der Waals surface area contributed by atoms with Crippen molar-refractivity contribution >= 4 is 16.0 Å². The zero-order chi connectivity index (χ0) is 15.5. The maximum atomic E-state index is 12.3. The smallest absolute Gasteiger partial charge is 0.335 e. The van der Waals surface area contributed by atoms with Crippen LogP contribution in [0.1, 0.15) is 23.2 Å². The lowest BCUT2D eigenvalue weighted by molar-refractivity contribution is 0.0696. The van der Waals surface area contributed by atoms with E-state index in [4.69, 9.17) is 9.84 Å². The first-order valence-corrected chi connectivity index (χ1v) is 8.22. The van der Waals surface area contributed by atoms with Crippen LogP contribution in [0.5, 0.6) is 0 Å². The molecule has 0 amide bonds. The predicted octanol–water partition coefficient (Wildman–Crippen LogP) is 1.43. The number of benzene rings is 1. The Morgan fingerprint density at radius 2 is 1.95 bits per heavy atom. The van der Waals surface area contributed by atoms with Crippen molar-refractivity contribution in [3.05, 3.63) is 29.8 Å². The van der Waals surface area contributed by atoms with Crippen molar-refractivity contribution in [2.24, 2.45) is 5.92 Å². The van der Waals surface area contributed by atoms with Gasteiger partial charge in [0.05, 0.1) is 17.1 Å². The van der Waals surface area contributed by atoms with Gasteiger partial charge < -0.3 is 9.84 Å². The first kappa shape index (κ1) is 15.9. The van der Waals surface area contributed by atoms with Crippen molar-refractivity contribution in [1.82, 2.24) is 4.31 Å². The molecule has 2 rings (SSSR count). The van der Waals surface area contributed by atoms with E-state index in [1.807, 2.05) is 0 Å². The van der Waals surface area contributed by atoms with Gasteiger partial charge in [-0.05, 0) is 43.0 Å². The molecule has 0 radical (unpaired) electrons. The molecule has 0 spiro atoms. The van der Waals surface area contributed by atoms with Gasteiger partial charge in [0.1, 0.15) is 0 Å². The molecule has 116 valence electrons. The van der Waals surface area contributed by atoms with Gasteiger partial charge in [-0.3, -0.25) is 0 Å². The van der Waals surface area contributed by atoms with Crippen molar-refractivity contribution in [2.75, 3.05) is 26.8 Å². The molecule has 0 aromatic heterocycles. The number of hydrogen-bond acceptors (Lipinski definition) is 4. The van der Waals surface area contributed by atoms with Crippen LogP contribution in [0, 0.1) is 5.92 Å². The Morgan fingerprint density at radius 1 is 1.33 bits per heavy atom. The Balaban J connectivity index is 1.93. The van der Waals surface area contributed by atoms with Crippen molar-refractivity contribution in [1.29, 1.82) is 0 Å². The summed E-state index contributed by atoms with van der Waals surface area (Å²) in [5.74, 6) is -0.434. The van der Waals surface area contributed by atoms with Crippen molar-refractivity contribution in [2.45, 2.75) is 17.7 Å². The summed E-state index contributed by atoms with van der Waals surface area (Å²) < 4.78 is 31.2. The minimum absolute atomic E-state index is 0.0596. The first-order chi connectivity index (χ1) is 9.91. The van der Waals surface area contributed by atoms with E-state index < -0.39 is 16.0 Å². The fraction of sp³-hybridized carbons (Fsp3) is 0.500. The van der Waals surface area contributed by atoms with E-state index in [9.17, 15) is 13.2 Å². The highest BCUT2D eigenvalue weighted by Gasteiger charge is 2.23. The van der Waals surface area contributed by atoms with Crippen LogP contribution in [0.25, 0.3) is 0 Å². The standard InChI is InChI=1S/C14H19NO5S/c1-15(8-9-20-10-11-2-3-11)21(18,19)13-6-4-12(5-7-13)14(16)17/h4-7,11H,2-3,8-10H2,1H3,(H,16,17). The highest BCUT2D eigenvalue weighted by atomic mass is 32.2. The summed E-state index contributed by atoms with van der Waals surface area (Å²) in [6.07, 6.45) is 2.40. The Hall–Kier alpha value is -1.44. The van der Waals surface area contributed by atoms with Gasteiger partial charge in [-0.1, -0.05) is 0 Å². The number of ether oxygens (including phenoxy) is 1. The van der Waals surface area contributed by atoms with Crippen LogP contribution in [-0.2, 0) is 14.8 Å². The summed E-state index contributed by atoms with van der Waals surface area (Å²) in [5.41, 5.74) is 0.0596. The molecule has 0 bridgehead atoms. The van der Waals surface area contributed by atoms with Gasteiger partial charge in [-0.2, -0.15) is 4.31 Å². The summed E-state index contributed by atoms with van der Waals surface area (Å²) in [5, 5.41) is 8.80. The molecule has 1 saturated carbocycles. The quantitative estimate of drug-likeness (QED) is 0.734. The summed E-state index contributed by atoms with van der Waals surface area (Å²) >= 11 is 0. The molecule has 0 unspecified atom stereocenters. The fourth-order valence-electron chi connectivity index (χ4n) is 1.80. The van der Waals surface area contributed by atoms with Crippen molar-refractivity contribution < 1.29 is 23.1 Å². The van der Waals surface area contributed by atoms with Crippen LogP contribution in [0.15, 0.2) is 29.2 Å². The molecule has 1 aromatic carbocycles. The van der Waals surface area contributed by atoms with Gasteiger partial charge >= 0.3 is 5.97 Å². The third-order valence-corrected chi connectivity index (χ3v) is 5.28. The molecule has 6 nitrogen and oxygen atoms in total. The summed E-state index contributed by atoms with van der Waals surface area (Å²) in [7, 11) is -2.12. The second-order valence-electron chi connectivity index (χ2n) is 5.17. The molecule has 0 heterocycles. The Bertz CT molecular complexity index is 592. The molecule has 21 heavy (non-hydrogen) atoms. The van der Waals surface area contributed by atoms with Crippen LogP contribution in [0.2, 0.25) is 0 Å². The molecule has 1 aliphatic rings. The van der Waals surface area contributed by atoms with Gasteiger partial charge in [0.15, 0.2) is 0 Å². The Morgan fingerprint density at radius 3 is 2.48 bits per heavy atom. The minimum Gasteiger partial charge on any atom is -0.478 e. The highest BCUT2D eigenvalue weighted by Crippen LogP contribution is 2.28. The second-order valence-corrected chi connectivity index (χ2v) is 7.22. The third-order valence-electron chi connectivity index (χ3n) is 3.41. The number of carboxylic acid groups (broad SMARTS) is 1. The van der Waals surface area contributed by atoms with Crippen LogP contribution in [0.3, 0.4) is 0 Å². The maximum absolute atomic E-state index is 12.3. The molecule has 1 aromatic rings. The summed E-state index contributed by atoms with van der Waals surface area (Å²) in [6, 6.07) is 5.18. The third kappa shape index (κ3) is 4.26.